The summed E-state index contributed by atoms with van der Waals surface area (Å²) in [5, 5.41) is 6.93. The van der Waals surface area contributed by atoms with E-state index in [2.05, 4.69) is 36.3 Å². The summed E-state index contributed by atoms with van der Waals surface area (Å²) in [4.78, 5) is 14.9. The van der Waals surface area contributed by atoms with Crippen LogP contribution in [0.1, 0.15) is 48.3 Å². The second-order valence-corrected chi connectivity index (χ2v) is 10.2. The van der Waals surface area contributed by atoms with Crippen molar-refractivity contribution in [3.8, 4) is 11.1 Å². The molecule has 0 bridgehead atoms. The van der Waals surface area contributed by atoms with Crippen molar-refractivity contribution in [2.45, 2.75) is 57.3 Å². The van der Waals surface area contributed by atoms with Crippen molar-refractivity contribution < 1.29 is 13.2 Å². The first kappa shape index (κ1) is 25.5. The van der Waals surface area contributed by atoms with E-state index in [1.807, 2.05) is 42.5 Å². The molecule has 0 spiro atoms. The lowest BCUT2D eigenvalue weighted by Crippen LogP contribution is -2.32. The van der Waals surface area contributed by atoms with Gasteiger partial charge in [0.2, 0.25) is 5.95 Å². The third kappa shape index (κ3) is 5.66. The van der Waals surface area contributed by atoms with E-state index < -0.39 is 12.0 Å². The van der Waals surface area contributed by atoms with Gasteiger partial charge in [0.25, 0.3) is 5.82 Å². The SMILES string of the molecule is FC(F)(F)c1nc(Nc2ccc3c(c2)CCC(N2CCCC2)CC3)n(Cc2ncncc2-c2ccccc2)n1. The zero-order chi connectivity index (χ0) is 26.8. The Morgan fingerprint density at radius 2 is 1.72 bits per heavy atom. The number of nitrogens with one attached hydrogen (secondary N) is 1. The number of rotatable bonds is 6. The Hall–Kier alpha value is -3.79. The second kappa shape index (κ2) is 10.8. The molecule has 3 heterocycles. The van der Waals surface area contributed by atoms with Crippen molar-refractivity contribution in [3.63, 3.8) is 0 Å². The predicted octanol–water partition coefficient (Wildman–Crippen LogP) is 5.89. The molecular formula is C29H30F3N7. The maximum absolute atomic E-state index is 13.6. The van der Waals surface area contributed by atoms with Crippen LogP contribution in [0, 0.1) is 0 Å². The van der Waals surface area contributed by atoms with Crippen molar-refractivity contribution in [1.29, 1.82) is 0 Å². The first-order chi connectivity index (χ1) is 18.9. The minimum absolute atomic E-state index is 0.000611. The third-order valence-corrected chi connectivity index (χ3v) is 7.72. The Bertz CT molecular complexity index is 1430. The van der Waals surface area contributed by atoms with Crippen LogP contribution in [0.15, 0.2) is 61.1 Å². The molecule has 2 aromatic heterocycles. The van der Waals surface area contributed by atoms with Crippen LogP contribution in [0.5, 0.6) is 0 Å². The van der Waals surface area contributed by atoms with Gasteiger partial charge >= 0.3 is 6.18 Å². The van der Waals surface area contributed by atoms with Gasteiger partial charge in [-0.3, -0.25) is 0 Å². The lowest BCUT2D eigenvalue weighted by atomic mass is 10.0. The van der Waals surface area contributed by atoms with Crippen molar-refractivity contribution in [2.24, 2.45) is 0 Å². The van der Waals surface area contributed by atoms with Crippen LogP contribution in [-0.4, -0.2) is 48.8 Å². The predicted molar refractivity (Wildman–Crippen MR) is 143 cm³/mol. The van der Waals surface area contributed by atoms with Crippen LogP contribution in [0.2, 0.25) is 0 Å². The molecule has 39 heavy (non-hydrogen) atoms. The van der Waals surface area contributed by atoms with E-state index >= 15 is 0 Å². The summed E-state index contributed by atoms with van der Waals surface area (Å²) in [7, 11) is 0. The van der Waals surface area contributed by atoms with Crippen molar-refractivity contribution >= 4 is 11.6 Å². The highest BCUT2D eigenvalue weighted by Gasteiger charge is 2.37. The normalized spacial score (nSPS) is 18.1. The van der Waals surface area contributed by atoms with Crippen LogP contribution >= 0.6 is 0 Å². The fourth-order valence-electron chi connectivity index (χ4n) is 5.72. The van der Waals surface area contributed by atoms with Gasteiger partial charge in [-0.05, 0) is 80.4 Å². The van der Waals surface area contributed by atoms with Gasteiger partial charge in [0.15, 0.2) is 0 Å². The number of nitrogens with zero attached hydrogens (tertiary/aromatic N) is 6. The molecule has 1 saturated heterocycles. The quantitative estimate of drug-likeness (QED) is 0.312. The molecule has 7 nitrogen and oxygen atoms in total. The highest BCUT2D eigenvalue weighted by atomic mass is 19.4. The molecule has 0 radical (unpaired) electrons. The average molecular weight is 534 g/mol. The fraction of sp³-hybridized carbons (Fsp3) is 0.379. The maximum Gasteiger partial charge on any atom is 0.453 e. The summed E-state index contributed by atoms with van der Waals surface area (Å²) in [5.41, 5.74) is 5.40. The molecule has 1 fully saturated rings. The van der Waals surface area contributed by atoms with E-state index in [9.17, 15) is 13.2 Å². The van der Waals surface area contributed by atoms with Crippen LogP contribution < -0.4 is 5.32 Å². The van der Waals surface area contributed by atoms with Gasteiger partial charge in [-0.1, -0.05) is 36.4 Å². The number of anilines is 2. The topological polar surface area (TPSA) is 71.8 Å². The van der Waals surface area contributed by atoms with Crippen LogP contribution in [0.4, 0.5) is 24.8 Å². The number of halogens is 3. The van der Waals surface area contributed by atoms with Gasteiger partial charge < -0.3 is 10.2 Å². The molecule has 2 aromatic carbocycles. The van der Waals surface area contributed by atoms with E-state index in [-0.39, 0.29) is 12.5 Å². The van der Waals surface area contributed by atoms with Gasteiger partial charge in [-0.25, -0.2) is 14.6 Å². The van der Waals surface area contributed by atoms with Crippen molar-refractivity contribution in [1.82, 2.24) is 29.6 Å². The molecular weight excluding hydrogens is 503 g/mol. The molecule has 1 N–H and O–H groups in total. The standard InChI is InChI=1S/C29H30F3N7/c30-29(31,32)27-36-28(39(37-27)18-26-25(17-33-19-34-26)21-6-2-1-3-7-21)35-23-11-8-20-9-12-24(13-10-22(20)16-23)38-14-4-5-15-38/h1-3,6-8,11,16-17,19,24H,4-5,9-10,12-15,18H2,(H,35,36,37). The molecule has 2 aliphatic rings. The first-order valence-electron chi connectivity index (χ1n) is 13.4. The Kier molecular flexibility index (Phi) is 7.03. The van der Waals surface area contributed by atoms with Crippen LogP contribution in [-0.2, 0) is 25.6 Å². The molecule has 0 saturated carbocycles. The minimum Gasteiger partial charge on any atom is -0.324 e. The Labute approximate surface area is 225 Å². The van der Waals surface area contributed by atoms with Gasteiger partial charge in [-0.2, -0.15) is 18.2 Å². The Balaban J connectivity index is 1.27. The average Bonchev–Trinajstić information content (AvgIpc) is 3.56. The third-order valence-electron chi connectivity index (χ3n) is 7.72. The molecule has 1 aliphatic carbocycles. The van der Waals surface area contributed by atoms with Crippen molar-refractivity contribution in [2.75, 3.05) is 18.4 Å². The summed E-state index contributed by atoms with van der Waals surface area (Å²) in [6.45, 7) is 2.37. The lowest BCUT2D eigenvalue weighted by molar-refractivity contribution is -0.144. The first-order valence-corrected chi connectivity index (χ1v) is 13.4. The fourth-order valence-corrected chi connectivity index (χ4v) is 5.72. The molecule has 1 aliphatic heterocycles. The van der Waals surface area contributed by atoms with Crippen LogP contribution in [0.25, 0.3) is 11.1 Å². The highest BCUT2D eigenvalue weighted by Crippen LogP contribution is 2.31. The zero-order valence-corrected chi connectivity index (χ0v) is 21.5. The van der Waals surface area contributed by atoms with E-state index in [1.54, 1.807) is 6.20 Å². The molecule has 202 valence electrons. The molecule has 1 atom stereocenters. The van der Waals surface area contributed by atoms with E-state index in [4.69, 9.17) is 0 Å². The zero-order valence-electron chi connectivity index (χ0n) is 21.5. The molecule has 4 aromatic rings. The highest BCUT2D eigenvalue weighted by molar-refractivity contribution is 5.65. The summed E-state index contributed by atoms with van der Waals surface area (Å²) >= 11 is 0. The van der Waals surface area contributed by atoms with Gasteiger partial charge in [0.05, 0.1) is 12.2 Å². The second-order valence-electron chi connectivity index (χ2n) is 10.2. The number of fused-ring (bicyclic) bond motifs is 1. The smallest absolute Gasteiger partial charge is 0.324 e. The Morgan fingerprint density at radius 1 is 0.949 bits per heavy atom. The lowest BCUT2D eigenvalue weighted by Gasteiger charge is -2.25. The number of benzene rings is 2. The van der Waals surface area contributed by atoms with Gasteiger partial charge in [-0.15, -0.1) is 5.10 Å². The molecule has 1 unspecified atom stereocenters. The number of hydrogen-bond acceptors (Lipinski definition) is 6. The summed E-state index contributed by atoms with van der Waals surface area (Å²) in [6.07, 6.45) is 5.14. The maximum atomic E-state index is 13.6. The monoisotopic (exact) mass is 533 g/mol. The van der Waals surface area contributed by atoms with Gasteiger partial charge in [0.1, 0.15) is 6.33 Å². The van der Waals surface area contributed by atoms with Crippen molar-refractivity contribution in [3.05, 3.63) is 83.7 Å². The van der Waals surface area contributed by atoms with Gasteiger partial charge in [0, 0.05) is 23.5 Å². The van der Waals surface area contributed by atoms with E-state index in [0.29, 0.717) is 17.4 Å². The summed E-state index contributed by atoms with van der Waals surface area (Å²) < 4.78 is 42.2. The molecule has 0 amide bonds. The van der Waals surface area contributed by atoms with Crippen LogP contribution in [0.3, 0.4) is 0 Å². The Morgan fingerprint density at radius 3 is 2.49 bits per heavy atom. The largest absolute Gasteiger partial charge is 0.453 e. The summed E-state index contributed by atoms with van der Waals surface area (Å²) in [6, 6.07) is 16.2. The molecule has 10 heteroatoms. The minimum atomic E-state index is -4.67. The van der Waals surface area contributed by atoms with E-state index in [0.717, 1.165) is 36.8 Å². The number of likely N-dealkylation sites (tertiary alicyclic amines) is 1. The number of aryl methyl sites for hydroxylation is 2. The number of alkyl halides is 3. The van der Waals surface area contributed by atoms with E-state index in [1.165, 1.54) is 48.1 Å². The number of aromatic nitrogens is 5. The summed E-state index contributed by atoms with van der Waals surface area (Å²) in [5.74, 6) is -1.17. The molecule has 6 rings (SSSR count). The number of hydrogen-bond donors (Lipinski definition) is 1.